The van der Waals surface area contributed by atoms with Crippen LogP contribution in [-0.4, -0.2) is 51.5 Å². The summed E-state index contributed by atoms with van der Waals surface area (Å²) in [4.78, 5) is 11.3. The van der Waals surface area contributed by atoms with Gasteiger partial charge < -0.3 is 20.1 Å². The molecule has 1 saturated heterocycles. The summed E-state index contributed by atoms with van der Waals surface area (Å²) in [6, 6.07) is 0.362. The van der Waals surface area contributed by atoms with Crippen molar-refractivity contribution < 1.29 is 0 Å². The molecule has 0 aliphatic carbocycles. The number of aryl methyl sites for hydroxylation is 1. The molecule has 2 N–H and O–H groups in total. The first-order valence-electron chi connectivity index (χ1n) is 9.76. The molecule has 0 spiro atoms. The summed E-state index contributed by atoms with van der Waals surface area (Å²) in [5.74, 6) is 2.45. The number of anilines is 1. The maximum Gasteiger partial charge on any atom is 0.191 e. The van der Waals surface area contributed by atoms with E-state index in [1.165, 1.54) is 5.69 Å². The predicted molar refractivity (Wildman–Crippen MR) is 124 cm³/mol. The number of aromatic nitrogens is 4. The molecule has 2 aromatic heterocycles. The standard InChI is InChI=1S/C19H32N8.HI/c1-15(2)12-27-9-7-21-18(27)11-22-19(20-3)24-16-6-5-8-26(13-16)17-10-23-25(4)14-17;/h7,9-10,14-16H,5-6,8,11-13H2,1-4H3,(H2,20,22,24);1H. The van der Waals surface area contributed by atoms with Crippen molar-refractivity contribution in [2.45, 2.75) is 45.8 Å². The molecule has 3 rings (SSSR count). The van der Waals surface area contributed by atoms with E-state index in [1.54, 1.807) is 0 Å². The lowest BCUT2D eigenvalue weighted by Gasteiger charge is -2.34. The molecule has 0 radical (unpaired) electrons. The Morgan fingerprint density at radius 1 is 1.39 bits per heavy atom. The molecular weight excluding hydrogens is 467 g/mol. The summed E-state index contributed by atoms with van der Waals surface area (Å²) < 4.78 is 4.06. The monoisotopic (exact) mass is 500 g/mol. The third kappa shape index (κ3) is 6.11. The average molecular weight is 500 g/mol. The van der Waals surface area contributed by atoms with Crippen molar-refractivity contribution in [2.75, 3.05) is 25.0 Å². The minimum Gasteiger partial charge on any atom is -0.367 e. The zero-order chi connectivity index (χ0) is 19.2. The van der Waals surface area contributed by atoms with Crippen molar-refractivity contribution in [3.63, 3.8) is 0 Å². The molecule has 1 atom stereocenters. The number of imidazole rings is 1. The molecule has 1 aliphatic rings. The van der Waals surface area contributed by atoms with Crippen LogP contribution in [0.4, 0.5) is 5.69 Å². The topological polar surface area (TPSA) is 75.3 Å². The molecule has 0 aromatic carbocycles. The number of guanidine groups is 1. The Bertz CT molecular complexity index is 751. The van der Waals surface area contributed by atoms with Crippen molar-refractivity contribution in [3.8, 4) is 0 Å². The Balaban J connectivity index is 0.00000280. The number of aliphatic imine (C=N–C) groups is 1. The number of rotatable bonds is 6. The van der Waals surface area contributed by atoms with Crippen molar-refractivity contribution in [1.29, 1.82) is 0 Å². The fraction of sp³-hybridized carbons (Fsp3) is 0.632. The highest BCUT2D eigenvalue weighted by atomic mass is 127. The molecule has 1 unspecified atom stereocenters. The van der Waals surface area contributed by atoms with Gasteiger partial charge in [-0.1, -0.05) is 13.8 Å². The minimum absolute atomic E-state index is 0. The van der Waals surface area contributed by atoms with E-state index in [-0.39, 0.29) is 24.0 Å². The summed E-state index contributed by atoms with van der Waals surface area (Å²) in [5.41, 5.74) is 1.18. The Morgan fingerprint density at radius 2 is 2.21 bits per heavy atom. The van der Waals surface area contributed by atoms with Gasteiger partial charge in [0.05, 0.1) is 18.4 Å². The lowest BCUT2D eigenvalue weighted by molar-refractivity contribution is 0.466. The van der Waals surface area contributed by atoms with E-state index < -0.39 is 0 Å². The maximum atomic E-state index is 4.48. The lowest BCUT2D eigenvalue weighted by Crippen LogP contribution is -2.51. The van der Waals surface area contributed by atoms with Crippen LogP contribution in [0, 0.1) is 5.92 Å². The van der Waals surface area contributed by atoms with Crippen LogP contribution in [0.25, 0.3) is 0 Å². The molecule has 0 bridgehead atoms. The Morgan fingerprint density at radius 3 is 2.89 bits per heavy atom. The van der Waals surface area contributed by atoms with Gasteiger partial charge in [-0.2, -0.15) is 5.10 Å². The van der Waals surface area contributed by atoms with E-state index in [9.17, 15) is 0 Å². The van der Waals surface area contributed by atoms with Gasteiger partial charge in [-0.05, 0) is 18.8 Å². The first-order valence-corrected chi connectivity index (χ1v) is 9.76. The Labute approximate surface area is 184 Å². The van der Waals surface area contributed by atoms with Crippen molar-refractivity contribution >= 4 is 35.6 Å². The van der Waals surface area contributed by atoms with Crippen LogP contribution in [0.5, 0.6) is 0 Å². The lowest BCUT2D eigenvalue weighted by atomic mass is 10.1. The molecule has 156 valence electrons. The van der Waals surface area contributed by atoms with Crippen LogP contribution in [0.1, 0.15) is 32.5 Å². The molecular formula is C19H33IN8. The van der Waals surface area contributed by atoms with Crippen LogP contribution >= 0.6 is 24.0 Å². The molecule has 2 aromatic rings. The van der Waals surface area contributed by atoms with E-state index in [1.807, 2.05) is 37.4 Å². The molecule has 0 amide bonds. The maximum absolute atomic E-state index is 4.48. The van der Waals surface area contributed by atoms with Crippen molar-refractivity contribution in [1.82, 2.24) is 30.0 Å². The largest absolute Gasteiger partial charge is 0.367 e. The highest BCUT2D eigenvalue weighted by Gasteiger charge is 2.21. The zero-order valence-electron chi connectivity index (χ0n) is 17.3. The van der Waals surface area contributed by atoms with Crippen LogP contribution in [0.2, 0.25) is 0 Å². The third-order valence-electron chi connectivity index (χ3n) is 4.82. The van der Waals surface area contributed by atoms with Gasteiger partial charge in [0, 0.05) is 58.4 Å². The van der Waals surface area contributed by atoms with Crippen LogP contribution < -0.4 is 15.5 Å². The normalized spacial score (nSPS) is 17.5. The molecule has 1 fully saturated rings. The predicted octanol–water partition coefficient (Wildman–Crippen LogP) is 2.22. The van der Waals surface area contributed by atoms with E-state index in [2.05, 4.69) is 55.2 Å². The van der Waals surface area contributed by atoms with Gasteiger partial charge >= 0.3 is 0 Å². The fourth-order valence-electron chi connectivity index (χ4n) is 3.52. The number of hydrogen-bond acceptors (Lipinski definition) is 4. The number of nitrogens with one attached hydrogen (secondary N) is 2. The summed E-state index contributed by atoms with van der Waals surface area (Å²) >= 11 is 0. The van der Waals surface area contributed by atoms with E-state index in [4.69, 9.17) is 0 Å². The first-order chi connectivity index (χ1) is 13.0. The number of hydrogen-bond donors (Lipinski definition) is 2. The molecule has 8 nitrogen and oxygen atoms in total. The highest BCUT2D eigenvalue weighted by Crippen LogP contribution is 2.18. The van der Waals surface area contributed by atoms with Gasteiger partial charge in [0.25, 0.3) is 0 Å². The zero-order valence-corrected chi connectivity index (χ0v) is 19.6. The Kier molecular flexibility index (Phi) is 8.58. The third-order valence-corrected chi connectivity index (χ3v) is 4.82. The minimum atomic E-state index is 0. The van der Waals surface area contributed by atoms with Crippen molar-refractivity contribution in [2.24, 2.45) is 18.0 Å². The summed E-state index contributed by atoms with van der Waals surface area (Å²) in [5, 5.41) is 11.3. The summed E-state index contributed by atoms with van der Waals surface area (Å²) in [6.45, 7) is 8.10. The first kappa shape index (κ1) is 22.5. The average Bonchev–Trinajstić information content (AvgIpc) is 3.27. The Hall–Kier alpha value is -1.78. The van der Waals surface area contributed by atoms with E-state index in [0.717, 1.165) is 44.3 Å². The van der Waals surface area contributed by atoms with Gasteiger partial charge in [-0.25, -0.2) is 4.98 Å². The van der Waals surface area contributed by atoms with Gasteiger partial charge in [0.1, 0.15) is 5.82 Å². The quantitative estimate of drug-likeness (QED) is 0.362. The second-order valence-electron chi connectivity index (χ2n) is 7.62. The van der Waals surface area contributed by atoms with Gasteiger partial charge in [0.15, 0.2) is 5.96 Å². The van der Waals surface area contributed by atoms with E-state index in [0.29, 0.717) is 18.5 Å². The van der Waals surface area contributed by atoms with E-state index >= 15 is 0 Å². The molecule has 3 heterocycles. The van der Waals surface area contributed by atoms with Crippen LogP contribution in [-0.2, 0) is 20.1 Å². The number of nitrogens with zero attached hydrogens (tertiary/aromatic N) is 6. The SMILES string of the molecule is CN=C(NCc1nccn1CC(C)C)NC1CCCN(c2cnn(C)c2)C1.I. The smallest absolute Gasteiger partial charge is 0.191 e. The number of piperidine rings is 1. The second-order valence-corrected chi connectivity index (χ2v) is 7.62. The molecule has 28 heavy (non-hydrogen) atoms. The molecule has 0 saturated carbocycles. The summed E-state index contributed by atoms with van der Waals surface area (Å²) in [7, 11) is 3.77. The molecule has 1 aliphatic heterocycles. The van der Waals surface area contributed by atoms with Gasteiger partial charge in [-0.15, -0.1) is 24.0 Å². The van der Waals surface area contributed by atoms with Gasteiger partial charge in [0.2, 0.25) is 0 Å². The van der Waals surface area contributed by atoms with Crippen molar-refractivity contribution in [3.05, 3.63) is 30.6 Å². The molecule has 9 heteroatoms. The van der Waals surface area contributed by atoms with Crippen LogP contribution in [0.15, 0.2) is 29.8 Å². The van der Waals surface area contributed by atoms with Gasteiger partial charge in [-0.3, -0.25) is 9.67 Å². The van der Waals surface area contributed by atoms with Crippen LogP contribution in [0.3, 0.4) is 0 Å². The summed E-state index contributed by atoms with van der Waals surface area (Å²) in [6.07, 6.45) is 10.2. The number of halogens is 1. The highest BCUT2D eigenvalue weighted by molar-refractivity contribution is 14.0. The second kappa shape index (κ2) is 10.7. The fourth-order valence-corrected chi connectivity index (χ4v) is 3.52.